The molecule has 0 radical (unpaired) electrons. The molecule has 0 unspecified atom stereocenters. The van der Waals surface area contributed by atoms with Gasteiger partial charge in [-0.25, -0.2) is 9.18 Å². The molecule has 11 nitrogen and oxygen atoms in total. The van der Waals surface area contributed by atoms with Gasteiger partial charge >= 0.3 is 6.03 Å². The molecule has 1 heterocycles. The lowest BCUT2D eigenvalue weighted by Crippen LogP contribution is -2.52. The van der Waals surface area contributed by atoms with Crippen LogP contribution in [0.25, 0.3) is 11.1 Å². The molecular weight excluding hydrogens is 625 g/mol. The van der Waals surface area contributed by atoms with Crippen LogP contribution in [0.3, 0.4) is 0 Å². The van der Waals surface area contributed by atoms with Crippen LogP contribution in [0.15, 0.2) is 71.6 Å². The molecule has 0 aromatic heterocycles. The van der Waals surface area contributed by atoms with E-state index in [1.54, 1.807) is 24.8 Å². The fourth-order valence-corrected chi connectivity index (χ4v) is 6.24. The normalized spacial score (nSPS) is 15.4. The van der Waals surface area contributed by atoms with Crippen molar-refractivity contribution in [3.63, 3.8) is 0 Å². The molecule has 1 aliphatic heterocycles. The van der Waals surface area contributed by atoms with Gasteiger partial charge in [0.05, 0.1) is 31.5 Å². The van der Waals surface area contributed by atoms with Gasteiger partial charge in [-0.15, -0.1) is 11.8 Å². The number of β-amino-alcohol motifs (C(OH)–C–C–N with tert-alkyl or cyclic N) is 1. The minimum Gasteiger partial charge on any atom is -0.395 e. The molecule has 13 heteroatoms. The number of amides is 4. The monoisotopic (exact) mass is 667 g/mol. The first kappa shape index (κ1) is 35.8. The van der Waals surface area contributed by atoms with Crippen LogP contribution < -0.4 is 26.2 Å². The van der Waals surface area contributed by atoms with Gasteiger partial charge in [-0.2, -0.15) is 0 Å². The Balaban J connectivity index is 1.50. The number of thioether (sulfide) groups is 1. The van der Waals surface area contributed by atoms with Gasteiger partial charge in [-0.05, 0) is 54.3 Å². The Morgan fingerprint density at radius 2 is 1.81 bits per heavy atom. The van der Waals surface area contributed by atoms with E-state index in [9.17, 15) is 23.9 Å². The predicted molar refractivity (Wildman–Crippen MR) is 179 cm³/mol. The lowest BCUT2D eigenvalue weighted by molar-refractivity contribution is -0.128. The number of urea groups is 1. The van der Waals surface area contributed by atoms with E-state index in [1.807, 2.05) is 48.5 Å². The number of hydrogen-bond donors (Lipinski definition) is 7. The van der Waals surface area contributed by atoms with Gasteiger partial charge in [-0.3, -0.25) is 9.59 Å². The summed E-state index contributed by atoms with van der Waals surface area (Å²) >= 11 is 1.30. The number of halogens is 1. The predicted octanol–water partition coefficient (Wildman–Crippen LogP) is 2.52. The van der Waals surface area contributed by atoms with Crippen molar-refractivity contribution in [3.8, 4) is 11.1 Å². The van der Waals surface area contributed by atoms with E-state index in [2.05, 4.69) is 21.3 Å². The maximum atomic E-state index is 14.3. The molecule has 3 aromatic rings. The number of carbonyl (C=O) groups is 3. The average molecular weight is 668 g/mol. The Labute approximate surface area is 277 Å². The largest absolute Gasteiger partial charge is 0.395 e. The molecule has 4 rings (SSSR count). The highest BCUT2D eigenvalue weighted by molar-refractivity contribution is 7.99. The molecule has 252 valence electrons. The Morgan fingerprint density at radius 1 is 1.06 bits per heavy atom. The quantitative estimate of drug-likeness (QED) is 0.138. The van der Waals surface area contributed by atoms with Gasteiger partial charge < -0.3 is 41.5 Å². The average Bonchev–Trinajstić information content (AvgIpc) is 3.17. The molecule has 0 saturated heterocycles. The second kappa shape index (κ2) is 16.7. The summed E-state index contributed by atoms with van der Waals surface area (Å²) in [6.07, 6.45) is -0.936. The van der Waals surface area contributed by atoms with Crippen LogP contribution in [-0.2, 0) is 22.7 Å². The van der Waals surface area contributed by atoms with Crippen LogP contribution in [0, 0.1) is 5.82 Å². The van der Waals surface area contributed by atoms with Gasteiger partial charge in [-0.1, -0.05) is 48.5 Å². The Kier molecular flexibility index (Phi) is 12.7. The van der Waals surface area contributed by atoms with E-state index in [4.69, 9.17) is 10.2 Å². The lowest BCUT2D eigenvalue weighted by atomic mass is 9.98. The highest BCUT2D eigenvalue weighted by Crippen LogP contribution is 2.36. The molecule has 0 aliphatic carbocycles. The zero-order chi connectivity index (χ0) is 34.0. The number of benzene rings is 3. The number of hydrogen-bond acceptors (Lipinski definition) is 8. The summed E-state index contributed by atoms with van der Waals surface area (Å²) in [5.74, 6) is -0.887. The van der Waals surface area contributed by atoms with Crippen molar-refractivity contribution in [1.29, 1.82) is 0 Å². The fourth-order valence-electron chi connectivity index (χ4n) is 5.15. The van der Waals surface area contributed by atoms with Crippen molar-refractivity contribution in [1.82, 2.24) is 21.3 Å². The minimum atomic E-state index is -0.957. The lowest BCUT2D eigenvalue weighted by Gasteiger charge is -2.29. The number of carbonyl (C=O) groups excluding carboxylic acids is 3. The van der Waals surface area contributed by atoms with Crippen LogP contribution in [0.1, 0.15) is 31.4 Å². The van der Waals surface area contributed by atoms with Gasteiger partial charge in [0.15, 0.2) is 0 Å². The van der Waals surface area contributed by atoms with Gasteiger partial charge in [0.1, 0.15) is 11.9 Å². The third kappa shape index (κ3) is 10.2. The van der Waals surface area contributed by atoms with Crippen molar-refractivity contribution >= 4 is 35.3 Å². The minimum absolute atomic E-state index is 0.0208. The van der Waals surface area contributed by atoms with E-state index in [1.165, 1.54) is 23.9 Å². The highest BCUT2D eigenvalue weighted by Gasteiger charge is 2.33. The van der Waals surface area contributed by atoms with Crippen LogP contribution in [0.4, 0.5) is 14.9 Å². The summed E-state index contributed by atoms with van der Waals surface area (Å²) in [7, 11) is 0. The van der Waals surface area contributed by atoms with E-state index >= 15 is 0 Å². The Bertz CT molecular complexity index is 1540. The van der Waals surface area contributed by atoms with E-state index in [-0.39, 0.29) is 62.8 Å². The Hall–Kier alpha value is -4.01. The molecule has 2 atom stereocenters. The zero-order valence-corrected chi connectivity index (χ0v) is 27.3. The topological polar surface area (TPSA) is 163 Å². The van der Waals surface area contributed by atoms with E-state index < -0.39 is 30.1 Å². The van der Waals surface area contributed by atoms with Crippen molar-refractivity contribution < 1.29 is 34.1 Å². The molecule has 0 fully saturated rings. The number of aliphatic hydroxyl groups excluding tert-OH is 3. The maximum absolute atomic E-state index is 14.3. The van der Waals surface area contributed by atoms with Crippen molar-refractivity contribution in [3.05, 3.63) is 83.7 Å². The number of nitrogens with one attached hydrogen (secondary N) is 4. The van der Waals surface area contributed by atoms with E-state index in [0.29, 0.717) is 10.6 Å². The Morgan fingerprint density at radius 3 is 2.53 bits per heavy atom. The van der Waals surface area contributed by atoms with Crippen molar-refractivity contribution in [2.24, 2.45) is 0 Å². The summed E-state index contributed by atoms with van der Waals surface area (Å²) in [6.45, 7) is 3.77. The molecule has 7 N–H and O–H groups in total. The first-order valence-electron chi connectivity index (χ1n) is 15.4. The number of nitrogens with zero attached hydrogens (tertiary/aromatic N) is 1. The molecule has 47 heavy (non-hydrogen) atoms. The molecular formula is C34H42FN5O6S. The van der Waals surface area contributed by atoms with Gasteiger partial charge in [0.2, 0.25) is 5.91 Å². The van der Waals surface area contributed by atoms with Gasteiger partial charge in [0, 0.05) is 42.2 Å². The molecule has 1 aliphatic rings. The van der Waals surface area contributed by atoms with Crippen LogP contribution in [-0.4, -0.2) is 82.9 Å². The van der Waals surface area contributed by atoms with Crippen LogP contribution >= 0.6 is 11.8 Å². The molecule has 3 aromatic carbocycles. The zero-order valence-electron chi connectivity index (χ0n) is 26.5. The number of anilines is 1. The third-order valence-corrected chi connectivity index (χ3v) is 8.74. The number of fused-ring (bicyclic) bond motifs is 1. The maximum Gasteiger partial charge on any atom is 0.315 e. The summed E-state index contributed by atoms with van der Waals surface area (Å²) in [5, 5.41) is 38.9. The highest BCUT2D eigenvalue weighted by atomic mass is 32.2. The van der Waals surface area contributed by atoms with Crippen molar-refractivity contribution in [2.45, 2.75) is 55.9 Å². The van der Waals surface area contributed by atoms with Crippen LogP contribution in [0.5, 0.6) is 0 Å². The standard InChI is InChI=1S/C34H42FN5O6S/c1-34(2,38-18-26(43)20-42)16-31(44)39-28-21-47-30-15-25(35)11-12-29(30)40(32(28)45)19-22-7-9-23(10-8-22)27-6-4-3-5-24(27)17-37-33(46)36-13-14-41/h3-12,15,26,28,38,41-43H,13-14,16-21H2,1-2H3,(H,39,44)(H2,36,37,46)/t26-,28+/m0/s1. The number of rotatable bonds is 14. The summed E-state index contributed by atoms with van der Waals surface area (Å²) in [5.41, 5.74) is 3.40. The smallest absolute Gasteiger partial charge is 0.315 e. The first-order chi connectivity index (χ1) is 22.5. The molecule has 4 amide bonds. The van der Waals surface area contributed by atoms with Gasteiger partial charge in [0.25, 0.3) is 5.91 Å². The molecule has 0 spiro atoms. The number of aliphatic hydroxyl groups is 3. The SMILES string of the molecule is CC(C)(CC(=O)N[C@@H]1CSc2cc(F)ccc2N(Cc2ccc(-c3ccccc3CNC(=O)NCCO)cc2)C1=O)NC[C@H](O)CO. The second-order valence-corrected chi connectivity index (χ2v) is 13.0. The molecule has 0 bridgehead atoms. The summed E-state index contributed by atoms with van der Waals surface area (Å²) in [4.78, 5) is 41.2. The second-order valence-electron chi connectivity index (χ2n) is 11.9. The summed E-state index contributed by atoms with van der Waals surface area (Å²) < 4.78 is 14.3. The van der Waals surface area contributed by atoms with Crippen LogP contribution in [0.2, 0.25) is 0 Å². The first-order valence-corrected chi connectivity index (χ1v) is 16.3. The van der Waals surface area contributed by atoms with Crippen molar-refractivity contribution in [2.75, 3.05) is 37.0 Å². The fraction of sp³-hybridized carbons (Fsp3) is 0.382. The van der Waals surface area contributed by atoms with E-state index in [0.717, 1.165) is 22.3 Å². The third-order valence-electron chi connectivity index (χ3n) is 7.61. The summed E-state index contributed by atoms with van der Waals surface area (Å²) in [6, 6.07) is 18.4. The molecule has 0 saturated carbocycles.